The summed E-state index contributed by atoms with van der Waals surface area (Å²) in [6, 6.07) is 21.4. The van der Waals surface area contributed by atoms with Gasteiger partial charge in [-0.05, 0) is 33.0 Å². The van der Waals surface area contributed by atoms with Gasteiger partial charge >= 0.3 is 0 Å². The van der Waals surface area contributed by atoms with Crippen LogP contribution in [0, 0.1) is 6.42 Å². The molecule has 0 aromatic heterocycles. The molecule has 88 valence electrons. The second kappa shape index (κ2) is 4.10. The molecular formula is C19H12. The zero-order chi connectivity index (χ0) is 12.7. The molecule has 0 N–H and O–H groups in total. The molecule has 2 radical (unpaired) electrons. The number of allylic oxidation sites excluding steroid dienone is 1. The van der Waals surface area contributed by atoms with Gasteiger partial charge in [0.05, 0.1) is 0 Å². The lowest BCUT2D eigenvalue weighted by atomic mass is 9.93. The molecule has 0 fully saturated rings. The Bertz CT molecular complexity index is 789. The molecule has 0 heterocycles. The third-order valence-electron chi connectivity index (χ3n) is 3.67. The first kappa shape index (κ1) is 10.6. The third kappa shape index (κ3) is 1.61. The van der Waals surface area contributed by atoms with E-state index in [0.29, 0.717) is 0 Å². The molecular weight excluding hydrogens is 228 g/mol. The zero-order valence-corrected chi connectivity index (χ0v) is 10.4. The van der Waals surface area contributed by atoms with Crippen LogP contribution in [0.3, 0.4) is 0 Å². The van der Waals surface area contributed by atoms with E-state index in [1.165, 1.54) is 33.0 Å². The topological polar surface area (TPSA) is 0 Å². The van der Waals surface area contributed by atoms with Crippen molar-refractivity contribution in [2.75, 3.05) is 0 Å². The molecule has 0 heteroatoms. The van der Waals surface area contributed by atoms with Crippen molar-refractivity contribution >= 4 is 16.8 Å². The predicted octanol–water partition coefficient (Wildman–Crippen LogP) is 4.96. The summed E-state index contributed by atoms with van der Waals surface area (Å²) >= 11 is 0. The largest absolute Gasteiger partial charge is 0.0708 e. The molecule has 19 heavy (non-hydrogen) atoms. The maximum absolute atomic E-state index is 3.28. The number of fused-ring (bicyclic) bond motifs is 2. The Morgan fingerprint density at radius 3 is 2.47 bits per heavy atom. The number of benzene rings is 3. The molecule has 1 aliphatic carbocycles. The van der Waals surface area contributed by atoms with Crippen LogP contribution < -0.4 is 0 Å². The highest BCUT2D eigenvalue weighted by Crippen LogP contribution is 2.35. The average Bonchev–Trinajstić information content (AvgIpc) is 2.95. The Morgan fingerprint density at radius 2 is 1.47 bits per heavy atom. The first-order valence-electron chi connectivity index (χ1n) is 6.48. The van der Waals surface area contributed by atoms with E-state index >= 15 is 0 Å². The minimum absolute atomic E-state index is 1.19. The third-order valence-corrected chi connectivity index (χ3v) is 3.67. The fourth-order valence-electron chi connectivity index (χ4n) is 2.78. The molecule has 0 amide bonds. The first-order valence-corrected chi connectivity index (χ1v) is 6.48. The molecule has 0 unspecified atom stereocenters. The lowest BCUT2D eigenvalue weighted by Gasteiger charge is -2.10. The average molecular weight is 240 g/mol. The smallest absolute Gasteiger partial charge is 0.0429 e. The Balaban J connectivity index is 2.06. The molecule has 0 aliphatic heterocycles. The molecule has 0 saturated heterocycles. The van der Waals surface area contributed by atoms with Gasteiger partial charge in [0.1, 0.15) is 0 Å². The van der Waals surface area contributed by atoms with E-state index in [9.17, 15) is 0 Å². The lowest BCUT2D eigenvalue weighted by Crippen LogP contribution is -1.87. The van der Waals surface area contributed by atoms with Gasteiger partial charge in [-0.15, -0.1) is 0 Å². The Kier molecular flexibility index (Phi) is 2.28. The summed E-state index contributed by atoms with van der Waals surface area (Å²) in [5.41, 5.74) is 5.04. The van der Waals surface area contributed by atoms with Crippen LogP contribution >= 0.6 is 0 Å². The second-order valence-electron chi connectivity index (χ2n) is 4.77. The molecule has 3 aromatic carbocycles. The van der Waals surface area contributed by atoms with Crippen LogP contribution in [0.1, 0.15) is 11.1 Å². The fraction of sp³-hybridized carbons (Fsp3) is 0. The van der Waals surface area contributed by atoms with Crippen molar-refractivity contribution in [3.05, 3.63) is 84.3 Å². The van der Waals surface area contributed by atoms with Crippen molar-refractivity contribution < 1.29 is 0 Å². The highest BCUT2D eigenvalue weighted by molar-refractivity contribution is 5.99. The standard InChI is InChI=1S/C19H12/c1-2-10-16-14(6-1)8-4-12-18(16)19-13-5-9-15-7-3-11-17(15)19/h1-6,8-13H. The van der Waals surface area contributed by atoms with Gasteiger partial charge in [-0.2, -0.15) is 0 Å². The van der Waals surface area contributed by atoms with E-state index in [1.54, 1.807) is 0 Å². The lowest BCUT2D eigenvalue weighted by molar-refractivity contribution is 1.53. The van der Waals surface area contributed by atoms with Crippen molar-refractivity contribution in [1.29, 1.82) is 0 Å². The quantitative estimate of drug-likeness (QED) is 0.563. The van der Waals surface area contributed by atoms with Gasteiger partial charge in [0.2, 0.25) is 0 Å². The van der Waals surface area contributed by atoms with E-state index in [-0.39, 0.29) is 0 Å². The van der Waals surface area contributed by atoms with Crippen LogP contribution in [0.15, 0.2) is 66.7 Å². The molecule has 0 atom stereocenters. The minimum Gasteiger partial charge on any atom is -0.0708 e. The number of rotatable bonds is 1. The molecule has 0 bridgehead atoms. The summed E-state index contributed by atoms with van der Waals surface area (Å²) in [5.74, 6) is 0. The summed E-state index contributed by atoms with van der Waals surface area (Å²) in [4.78, 5) is 0. The number of hydrogen-bond donors (Lipinski definition) is 0. The van der Waals surface area contributed by atoms with Crippen LogP contribution in [0.5, 0.6) is 0 Å². The minimum atomic E-state index is 1.19. The van der Waals surface area contributed by atoms with Crippen molar-refractivity contribution in [3.8, 4) is 11.1 Å². The summed E-state index contributed by atoms with van der Waals surface area (Å²) in [6.07, 6.45) is 7.42. The first-order chi connectivity index (χ1) is 9.43. The summed E-state index contributed by atoms with van der Waals surface area (Å²) in [6.45, 7) is 0. The Morgan fingerprint density at radius 1 is 0.684 bits per heavy atom. The second-order valence-corrected chi connectivity index (χ2v) is 4.77. The van der Waals surface area contributed by atoms with Crippen LogP contribution in [0.4, 0.5) is 0 Å². The zero-order valence-electron chi connectivity index (χ0n) is 10.4. The van der Waals surface area contributed by atoms with Crippen molar-refractivity contribution in [2.24, 2.45) is 0 Å². The predicted molar refractivity (Wildman–Crippen MR) is 80.8 cm³/mol. The van der Waals surface area contributed by atoms with E-state index < -0.39 is 0 Å². The van der Waals surface area contributed by atoms with Crippen LogP contribution in [0.25, 0.3) is 28.0 Å². The monoisotopic (exact) mass is 240 g/mol. The molecule has 0 spiro atoms. The molecule has 0 saturated carbocycles. The van der Waals surface area contributed by atoms with Crippen molar-refractivity contribution in [1.82, 2.24) is 0 Å². The van der Waals surface area contributed by atoms with Crippen LogP contribution in [-0.2, 0) is 0 Å². The Labute approximate surface area is 113 Å². The van der Waals surface area contributed by atoms with Crippen molar-refractivity contribution in [2.45, 2.75) is 0 Å². The normalized spacial score (nSPS) is 12.8. The summed E-state index contributed by atoms with van der Waals surface area (Å²) in [7, 11) is 0. The van der Waals surface area contributed by atoms with Gasteiger partial charge in [-0.1, -0.05) is 72.8 Å². The van der Waals surface area contributed by atoms with Gasteiger partial charge in [0.25, 0.3) is 0 Å². The summed E-state index contributed by atoms with van der Waals surface area (Å²) < 4.78 is 0. The van der Waals surface area contributed by atoms with Crippen LogP contribution in [0.2, 0.25) is 0 Å². The molecule has 1 aliphatic rings. The maximum Gasteiger partial charge on any atom is 0.0429 e. The highest BCUT2D eigenvalue weighted by atomic mass is 14.2. The highest BCUT2D eigenvalue weighted by Gasteiger charge is 2.12. The van der Waals surface area contributed by atoms with Gasteiger partial charge in [0.15, 0.2) is 0 Å². The SMILES string of the molecule is [C]1C=Cc2c1cccc2-c1cccc2ccccc12. The van der Waals surface area contributed by atoms with Gasteiger partial charge in [-0.25, -0.2) is 0 Å². The van der Waals surface area contributed by atoms with Crippen LogP contribution in [-0.4, -0.2) is 0 Å². The summed E-state index contributed by atoms with van der Waals surface area (Å²) in [5, 5.41) is 2.59. The molecule has 3 aromatic rings. The van der Waals surface area contributed by atoms with Gasteiger partial charge in [0, 0.05) is 6.42 Å². The van der Waals surface area contributed by atoms with Gasteiger partial charge in [-0.3, -0.25) is 0 Å². The van der Waals surface area contributed by atoms with E-state index in [1.807, 2.05) is 6.08 Å². The molecule has 0 nitrogen and oxygen atoms in total. The van der Waals surface area contributed by atoms with E-state index in [2.05, 4.69) is 73.2 Å². The molecule has 4 rings (SSSR count). The van der Waals surface area contributed by atoms with Crippen molar-refractivity contribution in [3.63, 3.8) is 0 Å². The van der Waals surface area contributed by atoms with E-state index in [0.717, 1.165) is 0 Å². The number of hydrogen-bond acceptors (Lipinski definition) is 0. The van der Waals surface area contributed by atoms with Gasteiger partial charge < -0.3 is 0 Å². The fourth-order valence-corrected chi connectivity index (χ4v) is 2.78. The Hall–Kier alpha value is -2.34. The van der Waals surface area contributed by atoms with E-state index in [4.69, 9.17) is 0 Å². The maximum atomic E-state index is 3.28.